The number of likely N-dealkylation sites (N-methyl/N-ethyl adjacent to an activating group) is 1. The van der Waals surface area contributed by atoms with E-state index in [2.05, 4.69) is 21.2 Å². The summed E-state index contributed by atoms with van der Waals surface area (Å²) >= 11 is 3.34. The second-order valence-electron chi connectivity index (χ2n) is 4.50. The minimum absolute atomic E-state index is 0.157. The molecule has 1 aromatic rings. The molecule has 6 heteroatoms. The molecule has 1 atom stereocenters. The maximum atomic E-state index is 13.1. The molecule has 0 bridgehead atoms. The topological polar surface area (TPSA) is 49.4 Å². The van der Waals surface area contributed by atoms with Crippen LogP contribution in [0.25, 0.3) is 0 Å². The van der Waals surface area contributed by atoms with Crippen molar-refractivity contribution in [1.29, 1.82) is 0 Å². The van der Waals surface area contributed by atoms with Gasteiger partial charge in [0.05, 0.1) is 6.04 Å². The van der Waals surface area contributed by atoms with Crippen LogP contribution in [-0.4, -0.2) is 29.8 Å². The lowest BCUT2D eigenvalue weighted by molar-refractivity contribution is -0.148. The Labute approximate surface area is 119 Å². The lowest BCUT2D eigenvalue weighted by atomic mass is 10.0. The number of benzene rings is 1. The molecule has 102 valence electrons. The number of halogens is 2. The number of carbonyl (C=O) groups is 2. The number of hydrogen-bond acceptors (Lipinski definition) is 3. The van der Waals surface area contributed by atoms with Crippen LogP contribution < -0.4 is 5.32 Å². The number of nitrogens with one attached hydrogen (secondary N) is 1. The Kier molecular flexibility index (Phi) is 4.31. The predicted molar refractivity (Wildman–Crippen MR) is 71.7 cm³/mol. The summed E-state index contributed by atoms with van der Waals surface area (Å²) in [5.74, 6) is -0.707. The molecule has 1 N–H and O–H groups in total. The average Bonchev–Trinajstić information content (AvgIpc) is 2.39. The van der Waals surface area contributed by atoms with Crippen molar-refractivity contribution in [3.8, 4) is 0 Å². The van der Waals surface area contributed by atoms with E-state index in [4.69, 9.17) is 0 Å². The van der Waals surface area contributed by atoms with E-state index >= 15 is 0 Å². The maximum absolute atomic E-state index is 13.1. The molecule has 2 rings (SSSR count). The van der Waals surface area contributed by atoms with Crippen molar-refractivity contribution in [2.75, 3.05) is 7.05 Å². The molecule has 19 heavy (non-hydrogen) atoms. The fraction of sp³-hybridized carbons (Fsp3) is 0.385. The Morgan fingerprint density at radius 1 is 1.47 bits per heavy atom. The zero-order valence-corrected chi connectivity index (χ0v) is 12.0. The smallest absolute Gasteiger partial charge is 0.246 e. The van der Waals surface area contributed by atoms with Gasteiger partial charge in [-0.1, -0.05) is 15.9 Å². The van der Waals surface area contributed by atoms with Gasteiger partial charge in [0.2, 0.25) is 11.8 Å². The summed E-state index contributed by atoms with van der Waals surface area (Å²) in [5.41, 5.74) is 0.743. The number of piperidine rings is 1. The molecule has 1 aromatic carbocycles. The SMILES string of the molecule is CN1C(=O)CCC(NCc2cc(F)ccc2Br)C1=O. The van der Waals surface area contributed by atoms with E-state index in [0.717, 1.165) is 14.9 Å². The molecule has 1 saturated heterocycles. The first-order chi connectivity index (χ1) is 8.99. The first kappa shape index (κ1) is 14.1. The van der Waals surface area contributed by atoms with Crippen LogP contribution in [0.3, 0.4) is 0 Å². The van der Waals surface area contributed by atoms with Crippen LogP contribution in [0, 0.1) is 5.82 Å². The van der Waals surface area contributed by atoms with Gasteiger partial charge in [0, 0.05) is 24.5 Å². The van der Waals surface area contributed by atoms with Gasteiger partial charge < -0.3 is 5.32 Å². The van der Waals surface area contributed by atoms with Gasteiger partial charge in [0.15, 0.2) is 0 Å². The van der Waals surface area contributed by atoms with Gasteiger partial charge >= 0.3 is 0 Å². The summed E-state index contributed by atoms with van der Waals surface area (Å²) in [7, 11) is 1.48. The maximum Gasteiger partial charge on any atom is 0.246 e. The first-order valence-corrected chi connectivity index (χ1v) is 6.76. The molecule has 0 aromatic heterocycles. The van der Waals surface area contributed by atoms with E-state index in [1.165, 1.54) is 19.2 Å². The van der Waals surface area contributed by atoms with E-state index in [-0.39, 0.29) is 17.6 Å². The van der Waals surface area contributed by atoms with Crippen LogP contribution >= 0.6 is 15.9 Å². The van der Waals surface area contributed by atoms with Crippen molar-refractivity contribution < 1.29 is 14.0 Å². The van der Waals surface area contributed by atoms with Gasteiger partial charge in [-0.25, -0.2) is 4.39 Å². The summed E-state index contributed by atoms with van der Waals surface area (Å²) in [6.45, 7) is 0.372. The molecular weight excluding hydrogens is 315 g/mol. The van der Waals surface area contributed by atoms with Gasteiger partial charge in [-0.15, -0.1) is 0 Å². The third kappa shape index (κ3) is 3.19. The van der Waals surface area contributed by atoms with Crippen molar-refractivity contribution >= 4 is 27.7 Å². The molecule has 0 saturated carbocycles. The lowest BCUT2D eigenvalue weighted by Gasteiger charge is -2.28. The molecule has 0 spiro atoms. The van der Waals surface area contributed by atoms with Crippen LogP contribution in [0.1, 0.15) is 18.4 Å². The summed E-state index contributed by atoms with van der Waals surface area (Å²) < 4.78 is 13.9. The van der Waals surface area contributed by atoms with E-state index in [9.17, 15) is 14.0 Å². The van der Waals surface area contributed by atoms with Crippen molar-refractivity contribution in [3.63, 3.8) is 0 Å². The minimum atomic E-state index is -0.391. The fourth-order valence-corrected chi connectivity index (χ4v) is 2.40. The number of likely N-dealkylation sites (tertiary alicyclic amines) is 1. The highest BCUT2D eigenvalue weighted by Gasteiger charge is 2.31. The Balaban J connectivity index is 2.01. The second kappa shape index (κ2) is 5.79. The minimum Gasteiger partial charge on any atom is -0.302 e. The second-order valence-corrected chi connectivity index (χ2v) is 5.35. The van der Waals surface area contributed by atoms with Crippen LogP contribution in [-0.2, 0) is 16.1 Å². The normalized spacial score (nSPS) is 19.9. The zero-order valence-electron chi connectivity index (χ0n) is 10.5. The van der Waals surface area contributed by atoms with Crippen molar-refractivity contribution in [1.82, 2.24) is 10.2 Å². The zero-order chi connectivity index (χ0) is 14.0. The number of carbonyl (C=O) groups excluding carboxylic acids is 2. The van der Waals surface area contributed by atoms with Gasteiger partial charge in [-0.05, 0) is 30.2 Å². The Bertz CT molecular complexity index is 521. The van der Waals surface area contributed by atoms with Crippen LogP contribution in [0.2, 0.25) is 0 Å². The standard InChI is InChI=1S/C13H14BrFN2O2/c1-17-12(18)5-4-11(13(17)19)16-7-8-6-9(15)2-3-10(8)14/h2-3,6,11,16H,4-5,7H2,1H3. The number of imide groups is 1. The molecule has 1 aliphatic rings. The Hall–Kier alpha value is -1.27. The van der Waals surface area contributed by atoms with Crippen LogP contribution in [0.15, 0.2) is 22.7 Å². The van der Waals surface area contributed by atoms with E-state index in [0.29, 0.717) is 19.4 Å². The monoisotopic (exact) mass is 328 g/mol. The average molecular weight is 329 g/mol. The van der Waals surface area contributed by atoms with Crippen molar-refractivity contribution in [2.45, 2.75) is 25.4 Å². The molecule has 1 aliphatic heterocycles. The van der Waals surface area contributed by atoms with Gasteiger partial charge in [-0.3, -0.25) is 14.5 Å². The molecule has 0 radical (unpaired) electrons. The highest BCUT2D eigenvalue weighted by molar-refractivity contribution is 9.10. The largest absolute Gasteiger partial charge is 0.302 e. The first-order valence-electron chi connectivity index (χ1n) is 5.96. The molecule has 1 unspecified atom stereocenters. The number of hydrogen-bond donors (Lipinski definition) is 1. The van der Waals surface area contributed by atoms with Gasteiger partial charge in [0.25, 0.3) is 0 Å². The summed E-state index contributed by atoms with van der Waals surface area (Å²) in [6, 6.07) is 4.02. The highest BCUT2D eigenvalue weighted by atomic mass is 79.9. The molecule has 2 amide bonds. The molecule has 1 heterocycles. The van der Waals surface area contributed by atoms with Gasteiger partial charge in [-0.2, -0.15) is 0 Å². The third-order valence-electron chi connectivity index (χ3n) is 3.20. The quantitative estimate of drug-likeness (QED) is 0.861. The van der Waals surface area contributed by atoms with E-state index < -0.39 is 6.04 Å². The number of amides is 2. The number of rotatable bonds is 3. The highest BCUT2D eigenvalue weighted by Crippen LogP contribution is 2.19. The van der Waals surface area contributed by atoms with Crippen LogP contribution in [0.5, 0.6) is 0 Å². The molecular formula is C13H14BrFN2O2. The van der Waals surface area contributed by atoms with Crippen molar-refractivity contribution in [2.24, 2.45) is 0 Å². The molecule has 1 fully saturated rings. The van der Waals surface area contributed by atoms with Crippen molar-refractivity contribution in [3.05, 3.63) is 34.1 Å². The summed E-state index contributed by atoms with van der Waals surface area (Å²) in [4.78, 5) is 24.3. The number of nitrogens with zero attached hydrogens (tertiary/aromatic N) is 1. The fourth-order valence-electron chi connectivity index (χ4n) is 2.02. The van der Waals surface area contributed by atoms with Crippen LogP contribution in [0.4, 0.5) is 4.39 Å². The Morgan fingerprint density at radius 3 is 2.95 bits per heavy atom. The third-order valence-corrected chi connectivity index (χ3v) is 3.97. The van der Waals surface area contributed by atoms with E-state index in [1.807, 2.05) is 0 Å². The van der Waals surface area contributed by atoms with E-state index in [1.54, 1.807) is 6.07 Å². The molecule has 4 nitrogen and oxygen atoms in total. The summed E-state index contributed by atoms with van der Waals surface area (Å²) in [5, 5.41) is 3.07. The Morgan fingerprint density at radius 2 is 2.21 bits per heavy atom. The summed E-state index contributed by atoms with van der Waals surface area (Å²) in [6.07, 6.45) is 0.833. The lowest BCUT2D eigenvalue weighted by Crippen LogP contribution is -2.51. The predicted octanol–water partition coefficient (Wildman–Crippen LogP) is 1.83. The van der Waals surface area contributed by atoms with Gasteiger partial charge in [0.1, 0.15) is 5.82 Å². The molecule has 0 aliphatic carbocycles.